The summed E-state index contributed by atoms with van der Waals surface area (Å²) in [6.07, 6.45) is 1.85. The first-order valence-corrected chi connectivity index (χ1v) is 9.89. The van der Waals surface area contributed by atoms with Crippen molar-refractivity contribution < 1.29 is 28.3 Å². The summed E-state index contributed by atoms with van der Waals surface area (Å²) >= 11 is 0. The summed E-state index contributed by atoms with van der Waals surface area (Å²) in [6, 6.07) is 8.31. The van der Waals surface area contributed by atoms with Crippen LogP contribution in [0, 0.1) is 6.04 Å². The van der Waals surface area contributed by atoms with Crippen molar-refractivity contribution in [3.8, 4) is 11.5 Å². The van der Waals surface area contributed by atoms with Gasteiger partial charge in [-0.05, 0) is 14.1 Å². The maximum atomic E-state index is 5.37. The molecule has 1 heterocycles. The molecule has 20 heavy (non-hydrogen) atoms. The number of benzene rings is 1. The number of aromatic nitrogens is 1. The topological polar surface area (TPSA) is 31.4 Å². The molecule has 0 unspecified atom stereocenters. The molecule has 3 nitrogen and oxygen atoms in total. The molecule has 0 saturated heterocycles. The van der Waals surface area contributed by atoms with Crippen LogP contribution in [0.1, 0.15) is 5.69 Å². The Hall–Kier alpha value is -1.09. The van der Waals surface area contributed by atoms with Gasteiger partial charge in [-0.2, -0.15) is 0 Å². The standard InChI is InChI=1S/C15H20NO2Si.Li/c1-17-14-8-11-6-7-16-13(10-19(3,4)5)12(11)9-15(14)18-2;/h6-10H,1-5H3;/q-1;+1. The number of pyridine rings is 1. The minimum atomic E-state index is -1.32. The fourth-order valence-electron chi connectivity index (χ4n) is 2.05. The second kappa shape index (κ2) is 6.58. The molecule has 0 aliphatic rings. The summed E-state index contributed by atoms with van der Waals surface area (Å²) in [5.41, 5.74) is 1.04. The van der Waals surface area contributed by atoms with Crippen LogP contribution in [-0.2, 0) is 0 Å². The van der Waals surface area contributed by atoms with Gasteiger partial charge in [0.1, 0.15) is 5.75 Å². The number of ether oxygens (including phenoxy) is 2. The fraction of sp³-hybridized carbons (Fsp3) is 0.333. The van der Waals surface area contributed by atoms with Crippen molar-refractivity contribution >= 4 is 18.8 Å². The first-order valence-electron chi connectivity index (χ1n) is 6.31. The molecule has 0 atom stereocenters. The van der Waals surface area contributed by atoms with E-state index in [4.69, 9.17) is 9.47 Å². The first kappa shape index (κ1) is 17.0. The van der Waals surface area contributed by atoms with Crippen LogP contribution in [0.3, 0.4) is 0 Å². The Kier molecular flexibility index (Phi) is 5.58. The monoisotopic (exact) mass is 281 g/mol. The Morgan fingerprint density at radius 3 is 2.20 bits per heavy atom. The zero-order valence-corrected chi connectivity index (χ0v) is 14.2. The first-order chi connectivity index (χ1) is 8.94. The zero-order valence-electron chi connectivity index (χ0n) is 13.2. The van der Waals surface area contributed by atoms with Crippen molar-refractivity contribution in [3.05, 3.63) is 36.1 Å². The van der Waals surface area contributed by atoms with Crippen LogP contribution in [0.25, 0.3) is 10.8 Å². The minimum Gasteiger partial charge on any atom is -0.494 e. The van der Waals surface area contributed by atoms with E-state index in [0.717, 1.165) is 28.0 Å². The summed E-state index contributed by atoms with van der Waals surface area (Å²) in [5.74, 6) is 1.49. The average molecular weight is 281 g/mol. The van der Waals surface area contributed by atoms with Crippen molar-refractivity contribution in [2.45, 2.75) is 19.6 Å². The van der Waals surface area contributed by atoms with Gasteiger partial charge in [0.15, 0.2) is 5.75 Å². The van der Waals surface area contributed by atoms with E-state index in [2.05, 4.69) is 30.7 Å². The van der Waals surface area contributed by atoms with Crippen LogP contribution in [-0.4, -0.2) is 27.3 Å². The summed E-state index contributed by atoms with van der Waals surface area (Å²) < 4.78 is 10.7. The minimum absolute atomic E-state index is 0. The van der Waals surface area contributed by atoms with E-state index in [0.29, 0.717) is 0 Å². The molecule has 0 N–H and O–H groups in total. The van der Waals surface area contributed by atoms with Gasteiger partial charge in [-0.3, -0.25) is 4.98 Å². The third-order valence-corrected chi connectivity index (χ3v) is 4.01. The Bertz CT molecular complexity index is 596. The summed E-state index contributed by atoms with van der Waals surface area (Å²) in [6.45, 7) is 6.90. The van der Waals surface area contributed by atoms with E-state index in [1.165, 1.54) is 0 Å². The van der Waals surface area contributed by atoms with E-state index in [-0.39, 0.29) is 18.9 Å². The van der Waals surface area contributed by atoms with Gasteiger partial charge in [0.05, 0.1) is 14.2 Å². The molecule has 0 bridgehead atoms. The van der Waals surface area contributed by atoms with Crippen LogP contribution >= 0.6 is 0 Å². The Morgan fingerprint density at radius 1 is 1.05 bits per heavy atom. The molecule has 1 aromatic heterocycles. The van der Waals surface area contributed by atoms with Gasteiger partial charge < -0.3 is 9.47 Å². The number of hydrogen-bond acceptors (Lipinski definition) is 3. The smallest absolute Gasteiger partial charge is 0.494 e. The SMILES string of the molecule is COc1cc2ccnc([CH-][Si](C)(C)C)c2cc1OC.[Li+]. The molecule has 0 amide bonds. The average Bonchev–Trinajstić information content (AvgIpc) is 2.35. The Morgan fingerprint density at radius 2 is 1.65 bits per heavy atom. The van der Waals surface area contributed by atoms with Gasteiger partial charge in [-0.15, -0.1) is 5.39 Å². The third-order valence-electron chi connectivity index (χ3n) is 2.87. The number of methoxy groups -OCH3 is 2. The molecule has 0 radical (unpaired) electrons. The van der Waals surface area contributed by atoms with Crippen LogP contribution in [0.15, 0.2) is 24.4 Å². The predicted octanol–water partition coefficient (Wildman–Crippen LogP) is 0.686. The number of hydrogen-bond donors (Lipinski definition) is 0. The van der Waals surface area contributed by atoms with Crippen molar-refractivity contribution in [1.82, 2.24) is 4.98 Å². The molecule has 2 rings (SSSR count). The van der Waals surface area contributed by atoms with Gasteiger partial charge in [-0.25, -0.2) is 6.04 Å². The normalized spacial score (nSPS) is 10.8. The van der Waals surface area contributed by atoms with E-state index in [1.807, 2.05) is 24.4 Å². The van der Waals surface area contributed by atoms with Crippen molar-refractivity contribution in [2.75, 3.05) is 14.2 Å². The van der Waals surface area contributed by atoms with Gasteiger partial charge in [0, 0.05) is 6.20 Å². The molecular formula is C15H20LiNO2Si. The van der Waals surface area contributed by atoms with Crippen LogP contribution in [0.4, 0.5) is 0 Å². The maximum absolute atomic E-state index is 5.37. The van der Waals surface area contributed by atoms with E-state index >= 15 is 0 Å². The summed E-state index contributed by atoms with van der Waals surface area (Å²) in [4.78, 5) is 4.51. The molecule has 0 aliphatic heterocycles. The van der Waals surface area contributed by atoms with Crippen molar-refractivity contribution in [1.29, 1.82) is 0 Å². The second-order valence-corrected chi connectivity index (χ2v) is 10.7. The largest absolute Gasteiger partial charge is 1.00 e. The zero-order chi connectivity index (χ0) is 14.0. The van der Waals surface area contributed by atoms with E-state index < -0.39 is 8.07 Å². The van der Waals surface area contributed by atoms with Crippen molar-refractivity contribution in [2.24, 2.45) is 0 Å². The molecule has 0 saturated carbocycles. The molecule has 102 valence electrons. The maximum Gasteiger partial charge on any atom is 1.00 e. The molecular weight excluding hydrogens is 261 g/mol. The van der Waals surface area contributed by atoms with Crippen LogP contribution < -0.4 is 28.3 Å². The Labute approximate surface area is 133 Å². The number of rotatable bonds is 4. The quantitative estimate of drug-likeness (QED) is 0.610. The van der Waals surface area contributed by atoms with Gasteiger partial charge in [0.25, 0.3) is 0 Å². The molecule has 5 heteroatoms. The number of fused-ring (bicyclic) bond motifs is 1. The van der Waals surface area contributed by atoms with E-state index in [9.17, 15) is 0 Å². The predicted molar refractivity (Wildman–Crippen MR) is 81.6 cm³/mol. The fourth-order valence-corrected chi connectivity index (χ4v) is 3.10. The number of nitrogens with zero attached hydrogens (tertiary/aromatic N) is 1. The van der Waals surface area contributed by atoms with Gasteiger partial charge in [-0.1, -0.05) is 42.9 Å². The van der Waals surface area contributed by atoms with Gasteiger partial charge >= 0.3 is 18.9 Å². The summed E-state index contributed by atoms with van der Waals surface area (Å²) in [5, 5.41) is 2.24. The van der Waals surface area contributed by atoms with Crippen LogP contribution in [0.2, 0.25) is 19.6 Å². The molecule has 0 aliphatic carbocycles. The second-order valence-electron chi connectivity index (χ2n) is 5.63. The molecule has 0 fully saturated rings. The molecule has 1 aromatic carbocycles. The van der Waals surface area contributed by atoms with Crippen molar-refractivity contribution in [3.63, 3.8) is 0 Å². The van der Waals surface area contributed by atoms with Crippen LogP contribution in [0.5, 0.6) is 11.5 Å². The Balaban J connectivity index is 0.00000200. The van der Waals surface area contributed by atoms with E-state index in [1.54, 1.807) is 14.2 Å². The molecule has 0 spiro atoms. The third kappa shape index (κ3) is 3.72. The van der Waals surface area contributed by atoms with Gasteiger partial charge in [0.2, 0.25) is 0 Å². The summed E-state index contributed by atoms with van der Waals surface area (Å²) in [7, 11) is 1.98. The molecule has 2 aromatic rings.